The second kappa shape index (κ2) is 22.4. The molecule has 8 heteroatoms. The second-order valence-corrected chi connectivity index (χ2v) is 0.671. The fraction of sp³-hybridized carbons (Fsp3) is 0. The first kappa shape index (κ1) is 30.2. The van der Waals surface area contributed by atoms with Crippen LogP contribution < -0.4 is 103 Å². The summed E-state index contributed by atoms with van der Waals surface area (Å²) in [6.45, 7) is 0. The number of rotatable bonds is 0. The van der Waals surface area contributed by atoms with Crippen molar-refractivity contribution in [3.8, 4) is 0 Å². The fourth-order valence-corrected chi connectivity index (χ4v) is 0. The SMILES string of the molecule is O.[Na+].[Na+].[Na+].[O-]P([O-])[O-]. The minimum Gasteiger partial charge on any atom is -0.854 e. The second-order valence-electron chi connectivity index (χ2n) is 0.224. The van der Waals surface area contributed by atoms with E-state index in [-0.39, 0.29) is 94.1 Å². The molecule has 0 spiro atoms. The van der Waals surface area contributed by atoms with Gasteiger partial charge in [0.2, 0.25) is 0 Å². The molecule has 0 aromatic carbocycles. The molecule has 0 rings (SSSR count). The molecule has 2 N–H and O–H groups in total. The standard InChI is InChI=1S/3Na.O3P.H2O/c;;;1-4(2)3;/h;;;;1H2/q3*+1;-3;. The normalized spacial score (nSPS) is 4.50. The molecule has 34 valence electrons. The van der Waals surface area contributed by atoms with Gasteiger partial charge in [0.1, 0.15) is 0 Å². The van der Waals surface area contributed by atoms with Crippen LogP contribution in [-0.2, 0) is 0 Å². The van der Waals surface area contributed by atoms with Crippen molar-refractivity contribution in [2.75, 3.05) is 0 Å². The van der Waals surface area contributed by atoms with Crippen molar-refractivity contribution in [3.63, 3.8) is 0 Å². The van der Waals surface area contributed by atoms with E-state index in [9.17, 15) is 0 Å². The molecule has 8 heavy (non-hydrogen) atoms. The van der Waals surface area contributed by atoms with E-state index in [1.165, 1.54) is 0 Å². The van der Waals surface area contributed by atoms with E-state index in [2.05, 4.69) is 0 Å². The molecule has 0 unspecified atom stereocenters. The minimum absolute atomic E-state index is 0. The molecular formula is H2Na3O4P. The van der Waals surface area contributed by atoms with Crippen LogP contribution in [0.2, 0.25) is 0 Å². The Kier molecular flexibility index (Phi) is 84.8. The van der Waals surface area contributed by atoms with Crippen molar-refractivity contribution >= 4 is 8.60 Å². The number of hydrogen-bond donors (Lipinski definition) is 0. The molecule has 0 aliphatic carbocycles. The Balaban J connectivity index is -0.00000000750. The van der Waals surface area contributed by atoms with Crippen LogP contribution in [0.5, 0.6) is 0 Å². The molecule has 0 fully saturated rings. The van der Waals surface area contributed by atoms with Crippen LogP contribution in [0.4, 0.5) is 0 Å². The summed E-state index contributed by atoms with van der Waals surface area (Å²) in [7, 11) is -3.37. The van der Waals surface area contributed by atoms with E-state index in [0.717, 1.165) is 0 Å². The molecule has 0 amide bonds. The molecular weight excluding hydrogens is 164 g/mol. The van der Waals surface area contributed by atoms with Gasteiger partial charge >= 0.3 is 88.7 Å². The molecule has 0 saturated heterocycles. The minimum atomic E-state index is -3.37. The summed E-state index contributed by atoms with van der Waals surface area (Å²) in [5, 5.41) is 0. The summed E-state index contributed by atoms with van der Waals surface area (Å²) in [6, 6.07) is 0. The molecule has 0 atom stereocenters. The first-order chi connectivity index (χ1) is 1.73. The van der Waals surface area contributed by atoms with Crippen molar-refractivity contribution in [1.82, 2.24) is 0 Å². The summed E-state index contributed by atoms with van der Waals surface area (Å²) in [5.74, 6) is 0. The summed E-state index contributed by atoms with van der Waals surface area (Å²) < 4.78 is 0. The maximum atomic E-state index is 8.48. The van der Waals surface area contributed by atoms with Crippen molar-refractivity contribution in [1.29, 1.82) is 0 Å². The average molecular weight is 166 g/mol. The van der Waals surface area contributed by atoms with E-state index in [1.54, 1.807) is 0 Å². The zero-order valence-electron chi connectivity index (χ0n) is 5.17. The van der Waals surface area contributed by atoms with Crippen LogP contribution in [0.15, 0.2) is 0 Å². The molecule has 0 radical (unpaired) electrons. The average Bonchev–Trinajstić information content (AvgIpc) is 0.811. The van der Waals surface area contributed by atoms with Gasteiger partial charge in [0.15, 0.2) is 0 Å². The van der Waals surface area contributed by atoms with Gasteiger partial charge in [-0.2, -0.15) is 0 Å². The quantitative estimate of drug-likeness (QED) is 0.263. The van der Waals surface area contributed by atoms with Crippen LogP contribution in [0, 0.1) is 0 Å². The topological polar surface area (TPSA) is 101 Å². The van der Waals surface area contributed by atoms with Crippen molar-refractivity contribution in [2.24, 2.45) is 0 Å². The van der Waals surface area contributed by atoms with Gasteiger partial charge in [-0.3, -0.25) is 0 Å². The smallest absolute Gasteiger partial charge is 0.854 e. The van der Waals surface area contributed by atoms with Gasteiger partial charge in [-0.05, 0) is 0 Å². The summed E-state index contributed by atoms with van der Waals surface area (Å²) in [5.41, 5.74) is 0. The maximum Gasteiger partial charge on any atom is 1.00 e. The van der Waals surface area contributed by atoms with Crippen LogP contribution >= 0.6 is 8.60 Å². The van der Waals surface area contributed by atoms with Gasteiger partial charge < -0.3 is 28.8 Å². The molecule has 0 aliphatic heterocycles. The van der Waals surface area contributed by atoms with Gasteiger partial charge in [0.25, 0.3) is 0 Å². The predicted molar refractivity (Wildman–Crippen MR) is 10.5 cm³/mol. The Morgan fingerprint density at radius 3 is 0.750 bits per heavy atom. The largest absolute Gasteiger partial charge is 1.00 e. The summed E-state index contributed by atoms with van der Waals surface area (Å²) in [6.07, 6.45) is 0. The third-order valence-corrected chi connectivity index (χ3v) is 0. The summed E-state index contributed by atoms with van der Waals surface area (Å²) in [4.78, 5) is 25.4. The van der Waals surface area contributed by atoms with Crippen molar-refractivity contribution < 1.29 is 109 Å². The Morgan fingerprint density at radius 2 is 0.750 bits per heavy atom. The predicted octanol–water partition coefficient (Wildman–Crippen LogP) is -12.5. The molecule has 0 saturated carbocycles. The van der Waals surface area contributed by atoms with Gasteiger partial charge in [-0.15, -0.1) is 0 Å². The van der Waals surface area contributed by atoms with E-state index < -0.39 is 8.60 Å². The Labute approximate surface area is 115 Å². The van der Waals surface area contributed by atoms with Crippen LogP contribution in [-0.4, -0.2) is 5.48 Å². The van der Waals surface area contributed by atoms with E-state index in [0.29, 0.717) is 0 Å². The summed E-state index contributed by atoms with van der Waals surface area (Å²) >= 11 is 0. The van der Waals surface area contributed by atoms with Crippen LogP contribution in [0.3, 0.4) is 0 Å². The molecule has 0 aromatic rings. The van der Waals surface area contributed by atoms with Crippen LogP contribution in [0.25, 0.3) is 0 Å². The van der Waals surface area contributed by atoms with Crippen LogP contribution in [0.1, 0.15) is 0 Å². The first-order valence-corrected chi connectivity index (χ1v) is 1.64. The number of hydrogen-bond acceptors (Lipinski definition) is 3. The molecule has 0 aliphatic rings. The Morgan fingerprint density at radius 1 is 0.750 bits per heavy atom. The van der Waals surface area contributed by atoms with E-state index in [4.69, 9.17) is 14.7 Å². The Hall–Kier alpha value is 3.27. The zero-order valence-corrected chi connectivity index (χ0v) is 12.1. The zero-order chi connectivity index (χ0) is 3.58. The van der Waals surface area contributed by atoms with E-state index in [1.807, 2.05) is 0 Å². The van der Waals surface area contributed by atoms with Crippen molar-refractivity contribution in [2.45, 2.75) is 0 Å². The van der Waals surface area contributed by atoms with Gasteiger partial charge in [0, 0.05) is 0 Å². The maximum absolute atomic E-state index is 8.48. The molecule has 0 bridgehead atoms. The third kappa shape index (κ3) is 59.3. The fourth-order valence-electron chi connectivity index (χ4n) is 0. The molecule has 0 heterocycles. The monoisotopic (exact) mass is 166 g/mol. The molecule has 0 aromatic heterocycles. The third-order valence-electron chi connectivity index (χ3n) is 0. The van der Waals surface area contributed by atoms with E-state index >= 15 is 0 Å². The van der Waals surface area contributed by atoms with Gasteiger partial charge in [0.05, 0.1) is 0 Å². The Bertz CT molecular complexity index is 16.0. The first-order valence-electron chi connectivity index (χ1n) is 0.548. The van der Waals surface area contributed by atoms with Gasteiger partial charge in [-0.1, -0.05) is 0 Å². The van der Waals surface area contributed by atoms with Crippen molar-refractivity contribution in [3.05, 3.63) is 0 Å². The molecule has 4 nitrogen and oxygen atoms in total. The van der Waals surface area contributed by atoms with Gasteiger partial charge in [-0.25, -0.2) is 0 Å².